The molecule has 0 saturated heterocycles. The molecular formula is C13H12F3N3O. The zero-order chi connectivity index (χ0) is 14.8. The number of aromatic nitrogens is 2. The molecule has 1 amide bonds. The van der Waals surface area contributed by atoms with Crippen LogP contribution in [0.3, 0.4) is 0 Å². The van der Waals surface area contributed by atoms with E-state index in [1.165, 1.54) is 29.1 Å². The Morgan fingerprint density at radius 2 is 2.10 bits per heavy atom. The van der Waals surface area contributed by atoms with Crippen molar-refractivity contribution in [2.45, 2.75) is 19.6 Å². The van der Waals surface area contributed by atoms with E-state index in [0.717, 1.165) is 12.1 Å². The molecule has 106 valence electrons. The third-order valence-electron chi connectivity index (χ3n) is 2.70. The van der Waals surface area contributed by atoms with E-state index >= 15 is 0 Å². The lowest BCUT2D eigenvalue weighted by molar-refractivity contribution is -0.137. The van der Waals surface area contributed by atoms with Crippen LogP contribution in [0.15, 0.2) is 36.5 Å². The van der Waals surface area contributed by atoms with Crippen LogP contribution in [0.2, 0.25) is 0 Å². The van der Waals surface area contributed by atoms with Crippen LogP contribution in [0.4, 0.5) is 18.9 Å². The number of nitrogens with zero attached hydrogens (tertiary/aromatic N) is 2. The highest BCUT2D eigenvalue weighted by Gasteiger charge is 2.30. The lowest BCUT2D eigenvalue weighted by Crippen LogP contribution is -2.17. The van der Waals surface area contributed by atoms with Crippen molar-refractivity contribution in [3.8, 4) is 0 Å². The molecule has 0 aliphatic heterocycles. The van der Waals surface area contributed by atoms with Crippen molar-refractivity contribution < 1.29 is 18.0 Å². The summed E-state index contributed by atoms with van der Waals surface area (Å²) in [6.07, 6.45) is -2.98. The first-order valence-electron chi connectivity index (χ1n) is 5.92. The number of amides is 1. The fourth-order valence-corrected chi connectivity index (χ4v) is 1.75. The van der Waals surface area contributed by atoms with Crippen LogP contribution in [0.1, 0.15) is 23.0 Å². The van der Waals surface area contributed by atoms with Crippen molar-refractivity contribution in [1.82, 2.24) is 9.78 Å². The molecule has 0 unspecified atom stereocenters. The second-order valence-corrected chi connectivity index (χ2v) is 4.06. The van der Waals surface area contributed by atoms with Gasteiger partial charge in [0.25, 0.3) is 5.91 Å². The molecule has 0 bridgehead atoms. The van der Waals surface area contributed by atoms with E-state index in [4.69, 9.17) is 0 Å². The van der Waals surface area contributed by atoms with Gasteiger partial charge in [-0.2, -0.15) is 18.3 Å². The molecule has 0 aliphatic carbocycles. The fraction of sp³-hybridized carbons (Fsp3) is 0.231. The summed E-state index contributed by atoms with van der Waals surface area (Å²) >= 11 is 0. The average Bonchev–Trinajstić information content (AvgIpc) is 2.86. The van der Waals surface area contributed by atoms with E-state index in [1.807, 2.05) is 6.92 Å². The molecule has 1 N–H and O–H groups in total. The Balaban J connectivity index is 2.20. The second kappa shape index (κ2) is 5.36. The summed E-state index contributed by atoms with van der Waals surface area (Å²) in [6.45, 7) is 2.31. The highest BCUT2D eigenvalue weighted by Crippen LogP contribution is 2.30. The van der Waals surface area contributed by atoms with Crippen LogP contribution < -0.4 is 5.32 Å². The SMILES string of the molecule is CCn1nccc1C(=O)Nc1cccc(C(F)(F)F)c1. The molecule has 0 atom stereocenters. The number of nitrogens with one attached hydrogen (secondary N) is 1. The quantitative estimate of drug-likeness (QED) is 0.940. The number of halogens is 3. The van der Waals surface area contributed by atoms with Crippen molar-refractivity contribution >= 4 is 11.6 Å². The standard InChI is InChI=1S/C13H12F3N3O/c1-2-19-11(6-7-17-19)12(20)18-10-5-3-4-9(8-10)13(14,15)16/h3-8H,2H2,1H3,(H,18,20). The van der Waals surface area contributed by atoms with Crippen LogP contribution in [0.5, 0.6) is 0 Å². The number of benzene rings is 1. The second-order valence-electron chi connectivity index (χ2n) is 4.06. The molecule has 20 heavy (non-hydrogen) atoms. The third-order valence-corrected chi connectivity index (χ3v) is 2.70. The number of alkyl halides is 3. The highest BCUT2D eigenvalue weighted by molar-refractivity contribution is 6.03. The first-order valence-corrected chi connectivity index (χ1v) is 5.92. The molecule has 2 rings (SSSR count). The van der Waals surface area contributed by atoms with Crippen molar-refractivity contribution in [1.29, 1.82) is 0 Å². The lowest BCUT2D eigenvalue weighted by atomic mass is 10.2. The number of carbonyl (C=O) groups is 1. The molecule has 2 aromatic rings. The predicted octanol–water partition coefficient (Wildman–Crippen LogP) is 3.17. The Labute approximate surface area is 113 Å². The van der Waals surface area contributed by atoms with E-state index in [0.29, 0.717) is 12.2 Å². The summed E-state index contributed by atoms with van der Waals surface area (Å²) in [5.74, 6) is -0.497. The zero-order valence-electron chi connectivity index (χ0n) is 10.6. The first kappa shape index (κ1) is 14.1. The van der Waals surface area contributed by atoms with Gasteiger partial charge in [-0.1, -0.05) is 6.07 Å². The number of anilines is 1. The maximum absolute atomic E-state index is 12.6. The molecule has 0 aliphatic rings. The van der Waals surface area contributed by atoms with Gasteiger partial charge in [-0.3, -0.25) is 9.48 Å². The number of aryl methyl sites for hydroxylation is 1. The molecular weight excluding hydrogens is 271 g/mol. The largest absolute Gasteiger partial charge is 0.416 e. The van der Waals surface area contributed by atoms with Crippen molar-refractivity contribution in [3.05, 3.63) is 47.8 Å². The van der Waals surface area contributed by atoms with Crippen molar-refractivity contribution in [2.24, 2.45) is 0 Å². The van der Waals surface area contributed by atoms with Crippen molar-refractivity contribution in [3.63, 3.8) is 0 Å². The molecule has 0 radical (unpaired) electrons. The predicted molar refractivity (Wildman–Crippen MR) is 67.3 cm³/mol. The van der Waals surface area contributed by atoms with Crippen molar-refractivity contribution in [2.75, 3.05) is 5.32 Å². The Morgan fingerprint density at radius 1 is 1.35 bits per heavy atom. The Bertz CT molecular complexity index is 619. The topological polar surface area (TPSA) is 46.9 Å². The summed E-state index contributed by atoms with van der Waals surface area (Å²) in [4.78, 5) is 12.0. The number of carbonyl (C=O) groups excluding carboxylic acids is 1. The molecule has 4 nitrogen and oxygen atoms in total. The molecule has 1 heterocycles. The van der Waals surface area contributed by atoms with E-state index in [1.54, 1.807) is 0 Å². The first-order chi connectivity index (χ1) is 9.41. The molecule has 1 aromatic heterocycles. The molecule has 0 saturated carbocycles. The third kappa shape index (κ3) is 2.98. The summed E-state index contributed by atoms with van der Waals surface area (Å²) in [6, 6.07) is 6.00. The van der Waals surface area contributed by atoms with Gasteiger partial charge in [0.2, 0.25) is 0 Å². The van der Waals surface area contributed by atoms with Gasteiger partial charge in [0.15, 0.2) is 0 Å². The molecule has 1 aromatic carbocycles. The minimum absolute atomic E-state index is 0.0914. The molecule has 7 heteroatoms. The van der Waals surface area contributed by atoms with E-state index < -0.39 is 17.6 Å². The van der Waals surface area contributed by atoms with E-state index in [-0.39, 0.29) is 5.69 Å². The van der Waals surface area contributed by atoms with Gasteiger partial charge in [0, 0.05) is 18.4 Å². The van der Waals surface area contributed by atoms with Crippen LogP contribution in [0, 0.1) is 0 Å². The number of rotatable bonds is 3. The van der Waals surface area contributed by atoms with Crippen LogP contribution >= 0.6 is 0 Å². The zero-order valence-corrected chi connectivity index (χ0v) is 10.6. The average molecular weight is 283 g/mol. The summed E-state index contributed by atoms with van der Waals surface area (Å²) in [5.41, 5.74) is -0.419. The Hall–Kier alpha value is -2.31. The lowest BCUT2D eigenvalue weighted by Gasteiger charge is -2.10. The summed E-state index contributed by atoms with van der Waals surface area (Å²) in [7, 11) is 0. The fourth-order valence-electron chi connectivity index (χ4n) is 1.75. The molecule has 0 fully saturated rings. The van der Waals surface area contributed by atoms with Gasteiger partial charge in [-0.05, 0) is 31.2 Å². The van der Waals surface area contributed by atoms with Gasteiger partial charge < -0.3 is 5.32 Å². The minimum atomic E-state index is -4.44. The van der Waals surface area contributed by atoms with E-state index in [9.17, 15) is 18.0 Å². The Kier molecular flexibility index (Phi) is 3.78. The number of hydrogen-bond acceptors (Lipinski definition) is 2. The Morgan fingerprint density at radius 3 is 2.75 bits per heavy atom. The van der Waals surface area contributed by atoms with Gasteiger partial charge in [0.05, 0.1) is 5.56 Å². The summed E-state index contributed by atoms with van der Waals surface area (Å²) in [5, 5.41) is 6.36. The minimum Gasteiger partial charge on any atom is -0.321 e. The maximum Gasteiger partial charge on any atom is 0.416 e. The molecule has 0 spiro atoms. The van der Waals surface area contributed by atoms with E-state index in [2.05, 4.69) is 10.4 Å². The maximum atomic E-state index is 12.6. The highest BCUT2D eigenvalue weighted by atomic mass is 19.4. The van der Waals surface area contributed by atoms with Gasteiger partial charge in [-0.25, -0.2) is 0 Å². The van der Waals surface area contributed by atoms with Gasteiger partial charge >= 0.3 is 6.18 Å². The smallest absolute Gasteiger partial charge is 0.321 e. The van der Waals surface area contributed by atoms with Crippen LogP contribution in [0.25, 0.3) is 0 Å². The van der Waals surface area contributed by atoms with Crippen LogP contribution in [-0.2, 0) is 12.7 Å². The normalized spacial score (nSPS) is 11.4. The summed E-state index contributed by atoms with van der Waals surface area (Å²) < 4.78 is 39.2. The van der Waals surface area contributed by atoms with Gasteiger partial charge in [0.1, 0.15) is 5.69 Å². The number of hydrogen-bond donors (Lipinski definition) is 1. The monoisotopic (exact) mass is 283 g/mol. The van der Waals surface area contributed by atoms with Crippen LogP contribution in [-0.4, -0.2) is 15.7 Å². The van der Waals surface area contributed by atoms with Gasteiger partial charge in [-0.15, -0.1) is 0 Å².